The Kier molecular flexibility index (Phi) is 7.28. The molecule has 0 heterocycles. The Morgan fingerprint density at radius 2 is 0.893 bits per heavy atom. The number of hydrogen-bond acceptors (Lipinski definition) is 1. The van der Waals surface area contributed by atoms with Gasteiger partial charge in [-0.2, -0.15) is 0 Å². The van der Waals surface area contributed by atoms with E-state index >= 15 is 0 Å². The molecule has 1 aliphatic carbocycles. The van der Waals surface area contributed by atoms with Crippen LogP contribution in [0.15, 0.2) is 200 Å². The molecule has 0 bridgehead atoms. The van der Waals surface area contributed by atoms with Crippen LogP contribution in [0.2, 0.25) is 0 Å². The Labute approximate surface area is 327 Å². The van der Waals surface area contributed by atoms with E-state index in [4.69, 9.17) is 0 Å². The number of anilines is 3. The van der Waals surface area contributed by atoms with Crippen molar-refractivity contribution in [1.29, 1.82) is 0 Å². The number of benzene rings is 10. The van der Waals surface area contributed by atoms with Crippen molar-refractivity contribution in [3.8, 4) is 33.4 Å². The highest BCUT2D eigenvalue weighted by atomic mass is 15.1. The second-order valence-electron chi connectivity index (χ2n) is 15.7. The van der Waals surface area contributed by atoms with Gasteiger partial charge in [-0.3, -0.25) is 0 Å². The molecule has 56 heavy (non-hydrogen) atoms. The fraction of sp³-hybridized carbons (Fsp3) is 0.0545. The summed E-state index contributed by atoms with van der Waals surface area (Å²) >= 11 is 0. The number of hydrogen-bond donors (Lipinski definition) is 0. The molecule has 0 spiro atoms. The molecule has 1 aliphatic rings. The van der Waals surface area contributed by atoms with Crippen molar-refractivity contribution in [2.24, 2.45) is 0 Å². The molecule has 0 radical (unpaired) electrons. The average molecular weight is 714 g/mol. The summed E-state index contributed by atoms with van der Waals surface area (Å²) in [6.45, 7) is 4.70. The molecule has 10 aromatic rings. The van der Waals surface area contributed by atoms with Gasteiger partial charge in [0.25, 0.3) is 0 Å². The fourth-order valence-electron chi connectivity index (χ4n) is 9.47. The lowest BCUT2D eigenvalue weighted by atomic mass is 9.82. The molecule has 0 saturated heterocycles. The fourth-order valence-corrected chi connectivity index (χ4v) is 9.47. The minimum absolute atomic E-state index is 0.0564. The van der Waals surface area contributed by atoms with E-state index in [0.29, 0.717) is 0 Å². The highest BCUT2D eigenvalue weighted by molar-refractivity contribution is 6.21. The molecule has 0 atom stereocenters. The molecule has 0 amide bonds. The number of rotatable bonds is 5. The third-order valence-electron chi connectivity index (χ3n) is 12.2. The van der Waals surface area contributed by atoms with E-state index < -0.39 is 0 Å². The SMILES string of the molecule is CC1(C)c2ccccc2-c2cc(N(c3ccc(-c4cc5c6ccccc6ccc5c5ccccc45)cc3)c3cccc(-c4cccc5ccccc45)c3)ccc21. The van der Waals surface area contributed by atoms with E-state index in [1.807, 2.05) is 0 Å². The molecule has 0 saturated carbocycles. The Morgan fingerprint density at radius 3 is 1.73 bits per heavy atom. The van der Waals surface area contributed by atoms with E-state index in [-0.39, 0.29) is 5.41 Å². The molecule has 1 heteroatoms. The van der Waals surface area contributed by atoms with Crippen LogP contribution >= 0.6 is 0 Å². The van der Waals surface area contributed by atoms with Crippen molar-refractivity contribution in [1.82, 2.24) is 0 Å². The summed E-state index contributed by atoms with van der Waals surface area (Å²) in [5.74, 6) is 0. The maximum atomic E-state index is 2.43. The zero-order valence-corrected chi connectivity index (χ0v) is 31.5. The quantitative estimate of drug-likeness (QED) is 0.161. The summed E-state index contributed by atoms with van der Waals surface area (Å²) < 4.78 is 0. The van der Waals surface area contributed by atoms with Gasteiger partial charge in [0.2, 0.25) is 0 Å². The Bertz CT molecular complexity index is 3160. The third kappa shape index (κ3) is 5.01. The Morgan fingerprint density at radius 1 is 0.304 bits per heavy atom. The highest BCUT2D eigenvalue weighted by Crippen LogP contribution is 2.51. The normalized spacial score (nSPS) is 13.0. The van der Waals surface area contributed by atoms with Gasteiger partial charge in [-0.25, -0.2) is 0 Å². The van der Waals surface area contributed by atoms with E-state index in [2.05, 4.69) is 219 Å². The van der Waals surface area contributed by atoms with Gasteiger partial charge in [0.1, 0.15) is 0 Å². The average Bonchev–Trinajstić information content (AvgIpc) is 3.48. The molecule has 0 unspecified atom stereocenters. The zero-order chi connectivity index (χ0) is 37.4. The summed E-state index contributed by atoms with van der Waals surface area (Å²) in [5.41, 5.74) is 13.6. The van der Waals surface area contributed by atoms with Crippen molar-refractivity contribution >= 4 is 60.2 Å². The van der Waals surface area contributed by atoms with Gasteiger partial charge in [-0.15, -0.1) is 0 Å². The molecule has 11 rings (SSSR count). The van der Waals surface area contributed by atoms with E-state index in [1.165, 1.54) is 87.6 Å². The van der Waals surface area contributed by atoms with Gasteiger partial charge >= 0.3 is 0 Å². The number of nitrogens with zero attached hydrogens (tertiary/aromatic N) is 1. The van der Waals surface area contributed by atoms with Crippen LogP contribution in [0.3, 0.4) is 0 Å². The standard InChI is InChI=1S/C55H39N/c1-55(2)53-24-10-9-22-49(53)52-34-42(30-32-54(52)55)56(41-17-11-16-39(33-41)45-23-12-15-36-13-3-5-18-43(36)45)40-28-25-38(26-29-40)50-35-51-44-19-6-4-14-37(44)27-31-48(51)46-20-7-8-21-47(46)50/h3-35H,1-2H3. The van der Waals surface area contributed by atoms with Gasteiger partial charge in [0.15, 0.2) is 0 Å². The largest absolute Gasteiger partial charge is 0.310 e. The number of fused-ring (bicyclic) bond motifs is 9. The molecule has 10 aromatic carbocycles. The van der Waals surface area contributed by atoms with Crippen molar-refractivity contribution < 1.29 is 0 Å². The maximum absolute atomic E-state index is 2.43. The van der Waals surface area contributed by atoms with Crippen LogP contribution in [0.4, 0.5) is 17.1 Å². The van der Waals surface area contributed by atoms with Crippen molar-refractivity contribution in [2.75, 3.05) is 4.90 Å². The molecule has 264 valence electrons. The van der Waals surface area contributed by atoms with Gasteiger partial charge in [0, 0.05) is 22.5 Å². The topological polar surface area (TPSA) is 3.24 Å². The lowest BCUT2D eigenvalue weighted by Crippen LogP contribution is -2.15. The molecular weight excluding hydrogens is 675 g/mol. The minimum atomic E-state index is -0.0564. The van der Waals surface area contributed by atoms with Crippen molar-refractivity contribution in [3.63, 3.8) is 0 Å². The molecule has 0 aliphatic heterocycles. The molecular formula is C55H39N. The molecule has 0 aromatic heterocycles. The van der Waals surface area contributed by atoms with Crippen LogP contribution in [0.25, 0.3) is 76.5 Å². The van der Waals surface area contributed by atoms with Gasteiger partial charge in [-0.05, 0) is 130 Å². The first-order valence-corrected chi connectivity index (χ1v) is 19.6. The van der Waals surface area contributed by atoms with Gasteiger partial charge in [0.05, 0.1) is 0 Å². The van der Waals surface area contributed by atoms with Crippen LogP contribution in [-0.2, 0) is 5.41 Å². The first-order valence-electron chi connectivity index (χ1n) is 19.6. The van der Waals surface area contributed by atoms with E-state index in [9.17, 15) is 0 Å². The van der Waals surface area contributed by atoms with E-state index in [0.717, 1.165) is 17.1 Å². The second kappa shape index (κ2) is 12.5. The van der Waals surface area contributed by atoms with Crippen LogP contribution in [0, 0.1) is 0 Å². The monoisotopic (exact) mass is 713 g/mol. The molecule has 0 N–H and O–H groups in total. The first kappa shape index (κ1) is 32.5. The second-order valence-corrected chi connectivity index (χ2v) is 15.7. The summed E-state index contributed by atoms with van der Waals surface area (Å²) in [4.78, 5) is 2.43. The summed E-state index contributed by atoms with van der Waals surface area (Å²) in [7, 11) is 0. The van der Waals surface area contributed by atoms with E-state index in [1.54, 1.807) is 0 Å². The van der Waals surface area contributed by atoms with Crippen LogP contribution in [0.1, 0.15) is 25.0 Å². The van der Waals surface area contributed by atoms with Crippen LogP contribution in [0.5, 0.6) is 0 Å². The minimum Gasteiger partial charge on any atom is -0.310 e. The highest BCUT2D eigenvalue weighted by Gasteiger charge is 2.35. The van der Waals surface area contributed by atoms with Gasteiger partial charge < -0.3 is 4.90 Å². The summed E-state index contributed by atoms with van der Waals surface area (Å²) in [6.07, 6.45) is 0. The summed E-state index contributed by atoms with van der Waals surface area (Å²) in [5, 5.41) is 10.2. The molecule has 1 nitrogen and oxygen atoms in total. The van der Waals surface area contributed by atoms with Crippen molar-refractivity contribution in [2.45, 2.75) is 19.3 Å². The smallest absolute Gasteiger partial charge is 0.0468 e. The predicted molar refractivity (Wildman–Crippen MR) is 240 cm³/mol. The predicted octanol–water partition coefficient (Wildman–Crippen LogP) is 15.4. The zero-order valence-electron chi connectivity index (χ0n) is 31.5. The first-order chi connectivity index (χ1) is 27.5. The Balaban J connectivity index is 1.09. The van der Waals surface area contributed by atoms with Gasteiger partial charge in [-0.1, -0.05) is 172 Å². The Hall–Kier alpha value is -6.96. The lowest BCUT2D eigenvalue weighted by molar-refractivity contribution is 0.660. The van der Waals surface area contributed by atoms with Crippen LogP contribution in [-0.4, -0.2) is 0 Å². The van der Waals surface area contributed by atoms with Crippen LogP contribution < -0.4 is 4.90 Å². The summed E-state index contributed by atoms with van der Waals surface area (Å²) in [6, 6.07) is 74.0. The van der Waals surface area contributed by atoms with Crippen molar-refractivity contribution in [3.05, 3.63) is 211 Å². The molecule has 0 fully saturated rings. The maximum Gasteiger partial charge on any atom is 0.0468 e. The third-order valence-corrected chi connectivity index (χ3v) is 12.2. The lowest BCUT2D eigenvalue weighted by Gasteiger charge is -2.28.